The van der Waals surface area contributed by atoms with E-state index in [9.17, 15) is 0 Å². The molecule has 0 amide bonds. The highest BCUT2D eigenvalue weighted by atomic mass is 15.2. The molecular weight excluding hydrogens is 354 g/mol. The molecule has 3 heteroatoms. The molecule has 0 saturated heterocycles. The first-order valence-electron chi connectivity index (χ1n) is 10.6. The lowest BCUT2D eigenvalue weighted by Crippen LogP contribution is -2.49. The molecule has 4 rings (SSSR count). The van der Waals surface area contributed by atoms with Crippen LogP contribution in [0.4, 0.5) is 0 Å². The normalized spacial score (nSPS) is 24.9. The fraction of sp³-hybridized carbons (Fsp3) is 0.385. The largest absolute Gasteiger partial charge is 0.300 e. The molecule has 0 unspecified atom stereocenters. The van der Waals surface area contributed by atoms with E-state index in [2.05, 4.69) is 98.8 Å². The minimum atomic E-state index is 0.0317. The molecule has 1 saturated carbocycles. The number of rotatable bonds is 5. The summed E-state index contributed by atoms with van der Waals surface area (Å²) in [5.74, 6) is 1.39. The number of aromatic nitrogens is 2. The van der Waals surface area contributed by atoms with Crippen LogP contribution in [0.1, 0.15) is 49.4 Å². The van der Waals surface area contributed by atoms with E-state index in [1.807, 2.05) is 11.7 Å². The third-order valence-corrected chi connectivity index (χ3v) is 7.24. The van der Waals surface area contributed by atoms with Crippen molar-refractivity contribution in [3.63, 3.8) is 0 Å². The number of hydrogen-bond donors (Lipinski definition) is 0. The fourth-order valence-electron chi connectivity index (χ4n) is 5.33. The van der Waals surface area contributed by atoms with Gasteiger partial charge < -0.3 is 0 Å². The van der Waals surface area contributed by atoms with Crippen molar-refractivity contribution in [2.75, 3.05) is 14.1 Å². The van der Waals surface area contributed by atoms with E-state index < -0.39 is 0 Å². The average Bonchev–Trinajstić information content (AvgIpc) is 3.20. The Morgan fingerprint density at radius 2 is 1.38 bits per heavy atom. The second-order valence-corrected chi connectivity index (χ2v) is 8.74. The van der Waals surface area contributed by atoms with Gasteiger partial charge in [0.1, 0.15) is 0 Å². The fourth-order valence-corrected chi connectivity index (χ4v) is 5.33. The van der Waals surface area contributed by atoms with Crippen LogP contribution in [-0.4, -0.2) is 28.8 Å². The summed E-state index contributed by atoms with van der Waals surface area (Å²) < 4.78 is 1.91. The van der Waals surface area contributed by atoms with Crippen LogP contribution in [-0.2, 0) is 18.0 Å². The highest BCUT2D eigenvalue weighted by Crippen LogP contribution is 2.54. The van der Waals surface area contributed by atoms with Crippen LogP contribution in [0.2, 0.25) is 0 Å². The molecule has 0 N–H and O–H groups in total. The van der Waals surface area contributed by atoms with Crippen LogP contribution in [0.3, 0.4) is 0 Å². The predicted octanol–water partition coefficient (Wildman–Crippen LogP) is 5.33. The van der Waals surface area contributed by atoms with Crippen molar-refractivity contribution in [3.8, 4) is 0 Å². The maximum atomic E-state index is 4.76. The summed E-state index contributed by atoms with van der Waals surface area (Å²) >= 11 is 0. The molecular formula is C26H32N3. The zero-order valence-electron chi connectivity index (χ0n) is 18.1. The summed E-state index contributed by atoms with van der Waals surface area (Å²) in [6, 6.07) is 24.3. The molecule has 29 heavy (non-hydrogen) atoms. The average molecular weight is 387 g/mol. The molecule has 3 aromatic rings. The summed E-state index contributed by atoms with van der Waals surface area (Å²) in [4.78, 5) is 2.44. The molecule has 151 valence electrons. The van der Waals surface area contributed by atoms with Gasteiger partial charge in [-0.1, -0.05) is 67.6 Å². The van der Waals surface area contributed by atoms with Gasteiger partial charge in [-0.2, -0.15) is 5.10 Å². The van der Waals surface area contributed by atoms with E-state index in [1.54, 1.807) is 0 Å². The van der Waals surface area contributed by atoms with Crippen LogP contribution in [0.15, 0.2) is 72.9 Å². The summed E-state index contributed by atoms with van der Waals surface area (Å²) in [5, 5.41) is 4.76. The first-order chi connectivity index (χ1) is 14.0. The van der Waals surface area contributed by atoms with E-state index in [0.717, 1.165) is 31.4 Å². The summed E-state index contributed by atoms with van der Waals surface area (Å²) in [6.45, 7) is 2.29. The van der Waals surface area contributed by atoms with E-state index in [-0.39, 0.29) is 11.0 Å². The van der Waals surface area contributed by atoms with E-state index in [1.165, 1.54) is 17.0 Å². The first-order valence-corrected chi connectivity index (χ1v) is 10.6. The highest BCUT2D eigenvalue weighted by Gasteiger charge is 2.49. The molecule has 1 aliphatic rings. The van der Waals surface area contributed by atoms with Gasteiger partial charge in [-0.3, -0.25) is 9.58 Å². The summed E-state index contributed by atoms with van der Waals surface area (Å²) in [7, 11) is 6.47. The Morgan fingerprint density at radius 1 is 0.828 bits per heavy atom. The Labute approximate surface area is 175 Å². The Bertz CT molecular complexity index is 919. The van der Waals surface area contributed by atoms with Crippen molar-refractivity contribution in [1.82, 2.24) is 14.7 Å². The maximum Gasteiger partial charge on any atom is 0.0702 e. The molecule has 1 heterocycles. The van der Waals surface area contributed by atoms with Gasteiger partial charge in [0.25, 0.3) is 0 Å². The minimum absolute atomic E-state index is 0.0317. The van der Waals surface area contributed by atoms with Gasteiger partial charge in [-0.25, -0.2) is 0 Å². The highest BCUT2D eigenvalue weighted by molar-refractivity contribution is 5.42. The van der Waals surface area contributed by atoms with Crippen LogP contribution in [0.5, 0.6) is 0 Å². The smallest absolute Gasteiger partial charge is 0.0702 e. The molecule has 2 aromatic carbocycles. The zero-order valence-corrected chi connectivity index (χ0v) is 18.1. The van der Waals surface area contributed by atoms with E-state index in [4.69, 9.17) is 5.10 Å². The number of nitrogens with zero attached hydrogens (tertiary/aromatic N) is 3. The molecule has 1 aliphatic carbocycles. The third-order valence-electron chi connectivity index (χ3n) is 7.24. The van der Waals surface area contributed by atoms with Gasteiger partial charge in [0.15, 0.2) is 0 Å². The Balaban J connectivity index is 1.73. The summed E-state index contributed by atoms with van der Waals surface area (Å²) in [5.41, 5.74) is 4.09. The minimum Gasteiger partial charge on any atom is -0.300 e. The Hall–Kier alpha value is -2.39. The van der Waals surface area contributed by atoms with Gasteiger partial charge in [-0.15, -0.1) is 0 Å². The van der Waals surface area contributed by atoms with Crippen LogP contribution < -0.4 is 0 Å². The van der Waals surface area contributed by atoms with E-state index >= 15 is 0 Å². The van der Waals surface area contributed by atoms with Crippen molar-refractivity contribution in [1.29, 1.82) is 0 Å². The number of benzene rings is 2. The van der Waals surface area contributed by atoms with E-state index in [0.29, 0.717) is 0 Å². The molecule has 0 aliphatic heterocycles. The third kappa shape index (κ3) is 3.42. The maximum absolute atomic E-state index is 4.76. The molecule has 3 nitrogen and oxygen atoms in total. The lowest BCUT2D eigenvalue weighted by atomic mass is 9.57. The van der Waals surface area contributed by atoms with Crippen LogP contribution >= 0.6 is 0 Å². The van der Waals surface area contributed by atoms with Gasteiger partial charge in [-0.05, 0) is 57.0 Å². The zero-order chi connectivity index (χ0) is 20.5. The van der Waals surface area contributed by atoms with Gasteiger partial charge in [0.05, 0.1) is 5.69 Å². The van der Waals surface area contributed by atoms with Crippen molar-refractivity contribution >= 4 is 0 Å². The number of aryl methyl sites for hydroxylation is 1. The molecule has 1 aromatic heterocycles. The van der Waals surface area contributed by atoms with Crippen molar-refractivity contribution < 1.29 is 0 Å². The van der Waals surface area contributed by atoms with Crippen molar-refractivity contribution in [2.45, 2.75) is 43.6 Å². The first kappa shape index (κ1) is 19.9. The second-order valence-electron chi connectivity index (χ2n) is 8.74. The summed E-state index contributed by atoms with van der Waals surface area (Å²) in [6.07, 6.45) is 6.54. The van der Waals surface area contributed by atoms with Gasteiger partial charge in [0.2, 0.25) is 0 Å². The monoisotopic (exact) mass is 386 g/mol. The molecule has 1 fully saturated rings. The second kappa shape index (κ2) is 7.79. The molecule has 0 spiro atoms. The lowest BCUT2D eigenvalue weighted by molar-refractivity contribution is 0.0693. The SMILES string of the molecule is C[C](c1ccn(C)n1)C1(c2ccccc2)CCC(c2ccccc2)(N(C)C)CC1. The van der Waals surface area contributed by atoms with Crippen molar-refractivity contribution in [3.05, 3.63) is 95.7 Å². The topological polar surface area (TPSA) is 21.1 Å². The quantitative estimate of drug-likeness (QED) is 0.591. The Kier molecular flexibility index (Phi) is 5.35. The van der Waals surface area contributed by atoms with Crippen LogP contribution in [0.25, 0.3) is 0 Å². The van der Waals surface area contributed by atoms with Gasteiger partial charge >= 0.3 is 0 Å². The van der Waals surface area contributed by atoms with Gasteiger partial charge in [0, 0.05) is 30.1 Å². The molecule has 0 bridgehead atoms. The van der Waals surface area contributed by atoms with Crippen molar-refractivity contribution in [2.24, 2.45) is 7.05 Å². The standard InChI is InChI=1S/C26H32N3/c1-21(24-15-20-29(4)27-24)25(22-11-7-5-8-12-22)16-18-26(19-17-25,28(2)3)23-13-9-6-10-14-23/h5-15,20H,16-19H2,1-4H3. The Morgan fingerprint density at radius 3 is 1.86 bits per heavy atom. The predicted molar refractivity (Wildman–Crippen MR) is 120 cm³/mol. The molecule has 1 radical (unpaired) electrons. The van der Waals surface area contributed by atoms with Crippen LogP contribution in [0, 0.1) is 5.92 Å². The molecule has 0 atom stereocenters. The number of hydrogen-bond acceptors (Lipinski definition) is 2. The lowest BCUT2D eigenvalue weighted by Gasteiger charge is -2.52.